The van der Waals surface area contributed by atoms with Crippen LogP contribution >= 0.6 is 11.3 Å². The van der Waals surface area contributed by atoms with Gasteiger partial charge in [0.05, 0.1) is 20.8 Å². The molecule has 0 atom stereocenters. The standard InChI is InChI=1S/C21H19N3O2S/c1-25-17-8-3-6-15(12-17)14-24(16-7-4-9-18(13-16)26-2)21-23-19-10-5-11-22-20(19)27-21/h3-13H,14H2,1-2H3. The third kappa shape index (κ3) is 3.71. The summed E-state index contributed by atoms with van der Waals surface area (Å²) >= 11 is 1.57. The van der Waals surface area contributed by atoms with Crippen LogP contribution in [0, 0.1) is 0 Å². The van der Waals surface area contributed by atoms with E-state index >= 15 is 0 Å². The highest BCUT2D eigenvalue weighted by Gasteiger charge is 2.16. The Morgan fingerprint density at radius 3 is 2.48 bits per heavy atom. The third-order valence-corrected chi connectivity index (χ3v) is 5.23. The molecule has 2 heterocycles. The number of ether oxygens (including phenoxy) is 2. The first kappa shape index (κ1) is 17.3. The van der Waals surface area contributed by atoms with Crippen LogP contribution in [0.1, 0.15) is 5.56 Å². The topological polar surface area (TPSA) is 47.5 Å². The molecule has 136 valence electrons. The van der Waals surface area contributed by atoms with E-state index in [1.54, 1.807) is 31.8 Å². The van der Waals surface area contributed by atoms with E-state index < -0.39 is 0 Å². The van der Waals surface area contributed by atoms with Gasteiger partial charge in [-0.1, -0.05) is 29.5 Å². The van der Waals surface area contributed by atoms with Gasteiger partial charge < -0.3 is 14.4 Å². The van der Waals surface area contributed by atoms with Gasteiger partial charge in [0.2, 0.25) is 0 Å². The number of hydrogen-bond acceptors (Lipinski definition) is 6. The minimum Gasteiger partial charge on any atom is -0.497 e. The number of pyridine rings is 1. The number of rotatable bonds is 6. The number of thiazole rings is 1. The van der Waals surface area contributed by atoms with Gasteiger partial charge in [-0.05, 0) is 42.0 Å². The summed E-state index contributed by atoms with van der Waals surface area (Å²) in [6, 6.07) is 20.0. The van der Waals surface area contributed by atoms with Gasteiger partial charge in [-0.2, -0.15) is 0 Å². The number of benzene rings is 2. The highest BCUT2D eigenvalue weighted by atomic mass is 32.1. The molecule has 27 heavy (non-hydrogen) atoms. The van der Waals surface area contributed by atoms with E-state index in [9.17, 15) is 0 Å². The van der Waals surface area contributed by atoms with Crippen LogP contribution in [-0.2, 0) is 6.54 Å². The fourth-order valence-electron chi connectivity index (χ4n) is 2.87. The van der Waals surface area contributed by atoms with Crippen molar-refractivity contribution in [3.05, 3.63) is 72.4 Å². The Bertz CT molecular complexity index is 1030. The Morgan fingerprint density at radius 2 is 1.70 bits per heavy atom. The SMILES string of the molecule is COc1cccc(CN(c2cccc(OC)c2)c2nc3cccnc3s2)c1. The highest BCUT2D eigenvalue weighted by molar-refractivity contribution is 7.21. The molecule has 0 aliphatic rings. The van der Waals surface area contributed by atoms with Gasteiger partial charge in [0.15, 0.2) is 5.13 Å². The van der Waals surface area contributed by atoms with Crippen molar-refractivity contribution in [3.8, 4) is 11.5 Å². The second-order valence-corrected chi connectivity index (χ2v) is 6.92. The second kappa shape index (κ2) is 7.63. The minimum atomic E-state index is 0.657. The highest BCUT2D eigenvalue weighted by Crippen LogP contribution is 2.35. The van der Waals surface area contributed by atoms with Gasteiger partial charge in [0, 0.05) is 18.0 Å². The maximum absolute atomic E-state index is 5.41. The Morgan fingerprint density at radius 1 is 0.926 bits per heavy atom. The Hall–Kier alpha value is -3.12. The first-order valence-electron chi connectivity index (χ1n) is 8.53. The molecule has 0 unspecified atom stereocenters. The van der Waals surface area contributed by atoms with Crippen molar-refractivity contribution < 1.29 is 9.47 Å². The summed E-state index contributed by atoms with van der Waals surface area (Å²) < 4.78 is 10.8. The monoisotopic (exact) mass is 377 g/mol. The van der Waals surface area contributed by atoms with Crippen LogP contribution in [0.2, 0.25) is 0 Å². The van der Waals surface area contributed by atoms with Crippen molar-refractivity contribution in [1.82, 2.24) is 9.97 Å². The van der Waals surface area contributed by atoms with Gasteiger partial charge >= 0.3 is 0 Å². The molecular formula is C21H19N3O2S. The van der Waals surface area contributed by atoms with Crippen molar-refractivity contribution in [3.63, 3.8) is 0 Å². The van der Waals surface area contributed by atoms with Crippen molar-refractivity contribution in [2.45, 2.75) is 6.54 Å². The van der Waals surface area contributed by atoms with Crippen molar-refractivity contribution >= 4 is 32.5 Å². The summed E-state index contributed by atoms with van der Waals surface area (Å²) in [6.07, 6.45) is 1.79. The van der Waals surface area contributed by atoms with Gasteiger partial charge in [0.25, 0.3) is 0 Å². The van der Waals surface area contributed by atoms with Crippen LogP contribution in [0.15, 0.2) is 66.9 Å². The largest absolute Gasteiger partial charge is 0.497 e. The number of hydrogen-bond donors (Lipinski definition) is 0. The summed E-state index contributed by atoms with van der Waals surface area (Å²) in [5.74, 6) is 1.64. The molecular weight excluding hydrogens is 358 g/mol. The molecule has 0 saturated heterocycles. The lowest BCUT2D eigenvalue weighted by atomic mass is 10.2. The van der Waals surface area contributed by atoms with Crippen LogP contribution in [-0.4, -0.2) is 24.2 Å². The molecule has 4 rings (SSSR count). The zero-order valence-corrected chi connectivity index (χ0v) is 15.9. The summed E-state index contributed by atoms with van der Waals surface area (Å²) in [4.78, 5) is 12.3. The number of methoxy groups -OCH3 is 2. The zero-order chi connectivity index (χ0) is 18.6. The van der Waals surface area contributed by atoms with Crippen LogP contribution < -0.4 is 14.4 Å². The fraction of sp³-hybridized carbons (Fsp3) is 0.143. The number of aromatic nitrogens is 2. The average molecular weight is 377 g/mol. The maximum Gasteiger partial charge on any atom is 0.192 e. The Balaban J connectivity index is 1.78. The molecule has 0 aliphatic carbocycles. The van der Waals surface area contributed by atoms with E-state index in [-0.39, 0.29) is 0 Å². The zero-order valence-electron chi connectivity index (χ0n) is 15.1. The molecule has 5 nitrogen and oxygen atoms in total. The maximum atomic E-state index is 5.41. The summed E-state index contributed by atoms with van der Waals surface area (Å²) in [5.41, 5.74) is 3.04. The van der Waals surface area contributed by atoms with Gasteiger partial charge in [0.1, 0.15) is 21.8 Å². The number of anilines is 2. The molecule has 0 saturated carbocycles. The molecule has 4 aromatic rings. The van der Waals surface area contributed by atoms with Crippen molar-refractivity contribution in [2.75, 3.05) is 19.1 Å². The van der Waals surface area contributed by atoms with Crippen molar-refractivity contribution in [1.29, 1.82) is 0 Å². The lowest BCUT2D eigenvalue weighted by Crippen LogP contribution is -2.16. The van der Waals surface area contributed by atoms with Gasteiger partial charge in [-0.3, -0.25) is 0 Å². The molecule has 0 fully saturated rings. The van der Waals surface area contributed by atoms with Crippen LogP contribution in [0.5, 0.6) is 11.5 Å². The average Bonchev–Trinajstić information content (AvgIpc) is 3.16. The molecule has 2 aromatic carbocycles. The van der Waals surface area contributed by atoms with Gasteiger partial charge in [-0.15, -0.1) is 0 Å². The Kier molecular flexibility index (Phi) is 4.89. The molecule has 0 radical (unpaired) electrons. The third-order valence-electron chi connectivity index (χ3n) is 4.23. The lowest BCUT2D eigenvalue weighted by Gasteiger charge is -2.22. The molecule has 0 bridgehead atoms. The smallest absolute Gasteiger partial charge is 0.192 e. The van der Waals surface area contributed by atoms with E-state index in [4.69, 9.17) is 14.5 Å². The van der Waals surface area contributed by atoms with E-state index in [0.717, 1.165) is 38.2 Å². The summed E-state index contributed by atoms with van der Waals surface area (Å²) in [7, 11) is 3.35. The van der Waals surface area contributed by atoms with Crippen LogP contribution in [0.3, 0.4) is 0 Å². The van der Waals surface area contributed by atoms with E-state index in [2.05, 4.69) is 22.0 Å². The fourth-order valence-corrected chi connectivity index (χ4v) is 3.80. The first-order chi connectivity index (χ1) is 13.3. The molecule has 0 spiro atoms. The quantitative estimate of drug-likeness (QED) is 0.471. The first-order valence-corrected chi connectivity index (χ1v) is 9.34. The predicted molar refractivity (Wildman–Crippen MR) is 109 cm³/mol. The van der Waals surface area contributed by atoms with E-state index in [1.165, 1.54) is 0 Å². The van der Waals surface area contributed by atoms with E-state index in [0.29, 0.717) is 6.54 Å². The number of fused-ring (bicyclic) bond motifs is 1. The molecule has 0 aliphatic heterocycles. The normalized spacial score (nSPS) is 10.7. The Labute approximate surface area is 161 Å². The van der Waals surface area contributed by atoms with Crippen LogP contribution in [0.25, 0.3) is 10.3 Å². The summed E-state index contributed by atoms with van der Waals surface area (Å²) in [6.45, 7) is 0.657. The summed E-state index contributed by atoms with van der Waals surface area (Å²) in [5, 5.41) is 0.889. The van der Waals surface area contributed by atoms with Crippen LogP contribution in [0.4, 0.5) is 10.8 Å². The molecule has 0 amide bonds. The predicted octanol–water partition coefficient (Wildman–Crippen LogP) is 5.05. The second-order valence-electron chi connectivity index (χ2n) is 5.96. The molecule has 0 N–H and O–H groups in total. The minimum absolute atomic E-state index is 0.657. The van der Waals surface area contributed by atoms with Gasteiger partial charge in [-0.25, -0.2) is 9.97 Å². The lowest BCUT2D eigenvalue weighted by molar-refractivity contribution is 0.414. The van der Waals surface area contributed by atoms with E-state index in [1.807, 2.05) is 48.5 Å². The molecule has 2 aromatic heterocycles. The molecule has 6 heteroatoms. The number of nitrogens with zero attached hydrogens (tertiary/aromatic N) is 3. The van der Waals surface area contributed by atoms with Crippen molar-refractivity contribution in [2.24, 2.45) is 0 Å².